The van der Waals surface area contributed by atoms with Crippen molar-refractivity contribution in [3.63, 3.8) is 0 Å². The van der Waals surface area contributed by atoms with Crippen molar-refractivity contribution in [2.24, 2.45) is 5.73 Å². The molecule has 0 aromatic rings. The van der Waals surface area contributed by atoms with E-state index >= 15 is 0 Å². The van der Waals surface area contributed by atoms with Crippen molar-refractivity contribution in [1.29, 1.82) is 0 Å². The quantitative estimate of drug-likeness (QED) is 0.656. The van der Waals surface area contributed by atoms with Crippen LogP contribution in [0.4, 0.5) is 0 Å². The van der Waals surface area contributed by atoms with Crippen molar-refractivity contribution in [1.82, 2.24) is 4.90 Å². The van der Waals surface area contributed by atoms with Crippen molar-refractivity contribution >= 4 is 18.3 Å². The van der Waals surface area contributed by atoms with Gasteiger partial charge in [0, 0.05) is 12.6 Å². The number of likely N-dealkylation sites (tertiary alicyclic amines) is 1. The zero-order valence-corrected chi connectivity index (χ0v) is 7.85. The fourth-order valence-corrected chi connectivity index (χ4v) is 1.68. The Labute approximate surface area is 78.7 Å². The first-order valence-electron chi connectivity index (χ1n) is 4.35. The minimum absolute atomic E-state index is 0. The molecule has 1 saturated heterocycles. The summed E-state index contributed by atoms with van der Waals surface area (Å²) >= 11 is 0. The van der Waals surface area contributed by atoms with Gasteiger partial charge in [0.1, 0.15) is 0 Å². The second kappa shape index (κ2) is 3.62. The summed E-state index contributed by atoms with van der Waals surface area (Å²) in [6, 6.07) is 0.346. The van der Waals surface area contributed by atoms with Gasteiger partial charge < -0.3 is 10.6 Å². The van der Waals surface area contributed by atoms with E-state index in [9.17, 15) is 4.79 Å². The highest BCUT2D eigenvalue weighted by Gasteiger charge is 2.36. The zero-order chi connectivity index (χ0) is 7.84. The predicted octanol–water partition coefficient (Wildman–Crippen LogP) is 0.520. The number of rotatable bonds is 1. The highest BCUT2D eigenvalue weighted by Crippen LogP contribution is 2.29. The summed E-state index contributed by atoms with van der Waals surface area (Å²) in [5.74, 6) is 0.179. The third-order valence-corrected chi connectivity index (χ3v) is 2.50. The Morgan fingerprint density at radius 2 is 2.00 bits per heavy atom. The lowest BCUT2D eigenvalue weighted by Gasteiger charge is -2.30. The average Bonchev–Trinajstić information content (AvgIpc) is 2.77. The first kappa shape index (κ1) is 9.81. The van der Waals surface area contributed by atoms with E-state index in [4.69, 9.17) is 5.73 Å². The molecule has 1 saturated carbocycles. The Balaban J connectivity index is 0.000000720. The lowest BCUT2D eigenvalue weighted by Crippen LogP contribution is -2.49. The summed E-state index contributed by atoms with van der Waals surface area (Å²) in [5.41, 5.74) is 5.64. The van der Waals surface area contributed by atoms with Crippen molar-refractivity contribution in [2.45, 2.75) is 37.8 Å². The Morgan fingerprint density at radius 3 is 2.58 bits per heavy atom. The predicted molar refractivity (Wildman–Crippen MR) is 49.2 cm³/mol. The molecule has 0 radical (unpaired) electrons. The molecule has 1 heterocycles. The molecule has 4 heteroatoms. The second-order valence-electron chi connectivity index (χ2n) is 3.51. The topological polar surface area (TPSA) is 46.3 Å². The molecule has 0 spiro atoms. The number of carbonyl (C=O) groups is 1. The van der Waals surface area contributed by atoms with Gasteiger partial charge in [0.15, 0.2) is 0 Å². The van der Waals surface area contributed by atoms with E-state index < -0.39 is 0 Å². The number of nitrogens with two attached hydrogens (primary N) is 1. The van der Waals surface area contributed by atoms with Gasteiger partial charge in [-0.3, -0.25) is 4.79 Å². The van der Waals surface area contributed by atoms with Gasteiger partial charge in [0.05, 0.1) is 6.04 Å². The first-order chi connectivity index (χ1) is 5.29. The van der Waals surface area contributed by atoms with Crippen LogP contribution < -0.4 is 5.73 Å². The van der Waals surface area contributed by atoms with Crippen LogP contribution in [0.25, 0.3) is 0 Å². The molecule has 1 atom stereocenters. The standard InChI is InChI=1S/C8H14N2O.ClH/c9-7-2-1-5-10(8(7)11)6-3-4-6;/h6-7H,1-5,9H2;1H. The van der Waals surface area contributed by atoms with Crippen LogP contribution in [0.2, 0.25) is 0 Å². The van der Waals surface area contributed by atoms with Crippen molar-refractivity contribution < 1.29 is 4.79 Å². The van der Waals surface area contributed by atoms with Gasteiger partial charge in [-0.25, -0.2) is 0 Å². The maximum absolute atomic E-state index is 11.4. The summed E-state index contributed by atoms with van der Waals surface area (Å²) < 4.78 is 0. The fraction of sp³-hybridized carbons (Fsp3) is 0.875. The van der Waals surface area contributed by atoms with Gasteiger partial charge >= 0.3 is 0 Å². The van der Waals surface area contributed by atoms with Crippen LogP contribution in [0, 0.1) is 0 Å². The van der Waals surface area contributed by atoms with Crippen LogP contribution >= 0.6 is 12.4 Å². The SMILES string of the molecule is Cl.NC1CCCN(C2CC2)C1=O. The highest BCUT2D eigenvalue weighted by molar-refractivity contribution is 5.85. The van der Waals surface area contributed by atoms with Gasteiger partial charge in [-0.2, -0.15) is 0 Å². The normalized spacial score (nSPS) is 29.9. The van der Waals surface area contributed by atoms with Crippen molar-refractivity contribution in [3.05, 3.63) is 0 Å². The molecule has 3 nitrogen and oxygen atoms in total. The van der Waals surface area contributed by atoms with E-state index in [-0.39, 0.29) is 24.4 Å². The minimum atomic E-state index is -0.204. The summed E-state index contributed by atoms with van der Waals surface area (Å²) in [6.45, 7) is 0.942. The van der Waals surface area contributed by atoms with E-state index in [0.717, 1.165) is 19.4 Å². The molecule has 0 aromatic carbocycles. The van der Waals surface area contributed by atoms with E-state index in [1.54, 1.807) is 0 Å². The van der Waals surface area contributed by atoms with Crippen LogP contribution in [-0.2, 0) is 4.79 Å². The molecule has 1 aliphatic carbocycles. The van der Waals surface area contributed by atoms with Crippen LogP contribution in [0.15, 0.2) is 0 Å². The molecule has 2 fully saturated rings. The Bertz CT molecular complexity index is 182. The third kappa shape index (κ3) is 1.72. The van der Waals surface area contributed by atoms with Gasteiger partial charge in [-0.05, 0) is 25.7 Å². The highest BCUT2D eigenvalue weighted by atomic mass is 35.5. The number of hydrogen-bond donors (Lipinski definition) is 1. The Kier molecular flexibility index (Phi) is 2.96. The minimum Gasteiger partial charge on any atom is -0.338 e. The van der Waals surface area contributed by atoms with Gasteiger partial charge in [-0.15, -0.1) is 12.4 Å². The van der Waals surface area contributed by atoms with Crippen LogP contribution in [-0.4, -0.2) is 29.4 Å². The largest absolute Gasteiger partial charge is 0.338 e. The summed E-state index contributed by atoms with van der Waals surface area (Å²) in [5, 5.41) is 0. The maximum Gasteiger partial charge on any atom is 0.239 e. The fourth-order valence-electron chi connectivity index (χ4n) is 1.68. The molecule has 1 aliphatic heterocycles. The molecule has 2 N–H and O–H groups in total. The number of hydrogen-bond acceptors (Lipinski definition) is 2. The molecule has 2 aliphatic rings. The molecule has 1 unspecified atom stereocenters. The Hall–Kier alpha value is -0.280. The number of nitrogens with zero attached hydrogens (tertiary/aromatic N) is 1. The lowest BCUT2D eigenvalue weighted by atomic mass is 10.1. The molecule has 1 amide bonds. The van der Waals surface area contributed by atoms with E-state index in [1.165, 1.54) is 12.8 Å². The van der Waals surface area contributed by atoms with Gasteiger partial charge in [0.2, 0.25) is 5.91 Å². The monoisotopic (exact) mass is 190 g/mol. The summed E-state index contributed by atoms with van der Waals surface area (Å²) in [7, 11) is 0. The number of carbonyl (C=O) groups excluding carboxylic acids is 1. The number of amides is 1. The first-order valence-corrected chi connectivity index (χ1v) is 4.35. The van der Waals surface area contributed by atoms with Crippen LogP contribution in [0.5, 0.6) is 0 Å². The zero-order valence-electron chi connectivity index (χ0n) is 7.03. The smallest absolute Gasteiger partial charge is 0.239 e. The third-order valence-electron chi connectivity index (χ3n) is 2.50. The van der Waals surface area contributed by atoms with Gasteiger partial charge in [-0.1, -0.05) is 0 Å². The van der Waals surface area contributed by atoms with Crippen molar-refractivity contribution in [2.75, 3.05) is 6.54 Å². The number of piperidine rings is 1. The molecule has 0 aromatic heterocycles. The summed E-state index contributed by atoms with van der Waals surface area (Å²) in [4.78, 5) is 13.4. The van der Waals surface area contributed by atoms with E-state index in [1.807, 2.05) is 4.90 Å². The van der Waals surface area contributed by atoms with E-state index in [0.29, 0.717) is 6.04 Å². The van der Waals surface area contributed by atoms with Crippen LogP contribution in [0.1, 0.15) is 25.7 Å². The average molecular weight is 191 g/mol. The van der Waals surface area contributed by atoms with E-state index in [2.05, 4.69) is 0 Å². The van der Waals surface area contributed by atoms with Gasteiger partial charge in [0.25, 0.3) is 0 Å². The second-order valence-corrected chi connectivity index (χ2v) is 3.51. The summed E-state index contributed by atoms with van der Waals surface area (Å²) in [6.07, 6.45) is 4.35. The van der Waals surface area contributed by atoms with Crippen molar-refractivity contribution in [3.8, 4) is 0 Å². The maximum atomic E-state index is 11.4. The molecular weight excluding hydrogens is 176 g/mol. The van der Waals surface area contributed by atoms with Crippen LogP contribution in [0.3, 0.4) is 0 Å². The number of halogens is 1. The Morgan fingerprint density at radius 1 is 1.33 bits per heavy atom. The lowest BCUT2D eigenvalue weighted by molar-refractivity contribution is -0.135. The molecular formula is C8H15ClN2O. The molecule has 70 valence electrons. The molecule has 12 heavy (non-hydrogen) atoms. The molecule has 2 rings (SSSR count). The molecule has 0 bridgehead atoms.